The van der Waals surface area contributed by atoms with Crippen molar-refractivity contribution in [3.05, 3.63) is 0 Å². The van der Waals surface area contributed by atoms with Gasteiger partial charge in [0.05, 0.1) is 18.8 Å². The van der Waals surface area contributed by atoms with Crippen LogP contribution in [0.2, 0.25) is 0 Å². The molecule has 14 nitrogen and oxygen atoms in total. The average molecular weight is 578 g/mol. The Bertz CT molecular complexity index is 797. The summed E-state index contributed by atoms with van der Waals surface area (Å²) >= 11 is 0. The van der Waals surface area contributed by atoms with Crippen LogP contribution in [0.1, 0.15) is 61.3 Å². The molecule has 0 saturated heterocycles. The van der Waals surface area contributed by atoms with Crippen LogP contribution in [0, 0.1) is 11.8 Å². The van der Waals surface area contributed by atoms with Crippen molar-refractivity contribution in [1.29, 1.82) is 0 Å². The van der Waals surface area contributed by atoms with Crippen LogP contribution in [0.5, 0.6) is 0 Å². The Morgan fingerprint density at radius 1 is 0.700 bits per heavy atom. The van der Waals surface area contributed by atoms with Crippen LogP contribution in [0.25, 0.3) is 0 Å². The van der Waals surface area contributed by atoms with E-state index >= 15 is 0 Å². The summed E-state index contributed by atoms with van der Waals surface area (Å²) < 4.78 is 0. The molecule has 0 radical (unpaired) electrons. The van der Waals surface area contributed by atoms with E-state index in [1.54, 1.807) is 20.8 Å². The van der Waals surface area contributed by atoms with Gasteiger partial charge < -0.3 is 52.1 Å². The summed E-state index contributed by atoms with van der Waals surface area (Å²) in [5.74, 6) is -1.96. The fourth-order valence-corrected chi connectivity index (χ4v) is 3.57. The van der Waals surface area contributed by atoms with Crippen LogP contribution in [0.4, 0.5) is 0 Å². The molecule has 40 heavy (non-hydrogen) atoms. The monoisotopic (exact) mass is 577 g/mol. The fourth-order valence-electron chi connectivity index (χ4n) is 3.57. The average Bonchev–Trinajstić information content (AvgIpc) is 2.88. The standard InChI is InChI=1S/C26H51N5O9/c1-13(2)10-28-24(38)16(7)30-26(40)21(14(3)4)31-25(39)17(29-15(5)6)8-9-20(35)27-11-18(33)22(36)23(37)19(34)12-32/h13-19,21-23,29,32-34,36-37H,8-12H2,1-7H3,(H,27,35)(H,28,38)(H,30,40)(H,31,39)/t16-,17-,18-,19+,21-,22+,23+/m0/s1. The Labute approximate surface area is 236 Å². The maximum absolute atomic E-state index is 13.1. The molecule has 0 unspecified atom stereocenters. The van der Waals surface area contributed by atoms with Crippen LogP contribution in [-0.2, 0) is 19.2 Å². The van der Waals surface area contributed by atoms with Gasteiger partial charge in [0.1, 0.15) is 30.4 Å². The molecule has 0 aliphatic carbocycles. The summed E-state index contributed by atoms with van der Waals surface area (Å²) in [6, 6.07) is -2.72. The van der Waals surface area contributed by atoms with E-state index in [1.165, 1.54) is 0 Å². The summed E-state index contributed by atoms with van der Waals surface area (Å²) in [5.41, 5.74) is 0. The molecule has 0 aromatic heterocycles. The normalized spacial score (nSPS) is 17.0. The smallest absolute Gasteiger partial charge is 0.243 e. The highest BCUT2D eigenvalue weighted by molar-refractivity contribution is 5.93. The molecule has 0 heterocycles. The van der Waals surface area contributed by atoms with Crippen molar-refractivity contribution in [2.75, 3.05) is 19.7 Å². The molecular weight excluding hydrogens is 526 g/mol. The third-order valence-corrected chi connectivity index (χ3v) is 6.03. The fraction of sp³-hybridized carbons (Fsp3) is 0.846. The van der Waals surface area contributed by atoms with Gasteiger partial charge in [-0.3, -0.25) is 19.2 Å². The first-order valence-electron chi connectivity index (χ1n) is 13.8. The van der Waals surface area contributed by atoms with Crippen molar-refractivity contribution in [3.8, 4) is 0 Å². The van der Waals surface area contributed by atoms with Crippen LogP contribution in [0.3, 0.4) is 0 Å². The Hall–Kier alpha value is -2.36. The second-order valence-electron chi connectivity index (χ2n) is 11.1. The van der Waals surface area contributed by atoms with E-state index in [0.29, 0.717) is 6.54 Å². The van der Waals surface area contributed by atoms with Gasteiger partial charge in [0.25, 0.3) is 0 Å². The van der Waals surface area contributed by atoms with Gasteiger partial charge in [-0.1, -0.05) is 41.5 Å². The van der Waals surface area contributed by atoms with Crippen molar-refractivity contribution in [2.24, 2.45) is 11.8 Å². The Morgan fingerprint density at radius 3 is 1.77 bits per heavy atom. The van der Waals surface area contributed by atoms with Gasteiger partial charge in [-0.25, -0.2) is 0 Å². The van der Waals surface area contributed by atoms with Crippen molar-refractivity contribution in [3.63, 3.8) is 0 Å². The lowest BCUT2D eigenvalue weighted by Gasteiger charge is -2.27. The van der Waals surface area contributed by atoms with Crippen molar-refractivity contribution >= 4 is 23.6 Å². The summed E-state index contributed by atoms with van der Waals surface area (Å²) in [6.45, 7) is 11.8. The van der Waals surface area contributed by atoms with E-state index in [2.05, 4.69) is 26.6 Å². The molecule has 0 aliphatic rings. The van der Waals surface area contributed by atoms with Gasteiger partial charge in [0, 0.05) is 25.6 Å². The van der Waals surface area contributed by atoms with Gasteiger partial charge >= 0.3 is 0 Å². The predicted molar refractivity (Wildman–Crippen MR) is 148 cm³/mol. The van der Waals surface area contributed by atoms with E-state index in [-0.39, 0.29) is 36.6 Å². The van der Waals surface area contributed by atoms with Gasteiger partial charge in [0.2, 0.25) is 23.6 Å². The number of amides is 4. The first kappa shape index (κ1) is 37.6. The van der Waals surface area contributed by atoms with E-state index in [0.717, 1.165) is 0 Å². The van der Waals surface area contributed by atoms with Gasteiger partial charge in [-0.15, -0.1) is 0 Å². The first-order valence-corrected chi connectivity index (χ1v) is 13.8. The van der Waals surface area contributed by atoms with Gasteiger partial charge in [-0.05, 0) is 25.2 Å². The Kier molecular flexibility index (Phi) is 17.8. The second-order valence-corrected chi connectivity index (χ2v) is 11.1. The van der Waals surface area contributed by atoms with Crippen LogP contribution >= 0.6 is 0 Å². The van der Waals surface area contributed by atoms with E-state index < -0.39 is 73.4 Å². The summed E-state index contributed by atoms with van der Waals surface area (Å²) in [5, 5.41) is 61.3. The zero-order valence-electron chi connectivity index (χ0n) is 24.7. The molecule has 0 spiro atoms. The van der Waals surface area contributed by atoms with Crippen molar-refractivity contribution in [1.82, 2.24) is 26.6 Å². The molecule has 0 fully saturated rings. The first-order chi connectivity index (χ1) is 18.5. The van der Waals surface area contributed by atoms with E-state index in [9.17, 15) is 39.6 Å². The van der Waals surface area contributed by atoms with Crippen molar-refractivity contribution < 1.29 is 44.7 Å². The summed E-state index contributed by atoms with van der Waals surface area (Å²) in [4.78, 5) is 50.6. The van der Waals surface area contributed by atoms with Crippen molar-refractivity contribution in [2.45, 2.75) is 110 Å². The lowest BCUT2D eigenvalue weighted by atomic mass is 10.0. The number of nitrogens with one attached hydrogen (secondary N) is 5. The number of hydrogen-bond donors (Lipinski definition) is 10. The molecular formula is C26H51N5O9. The Balaban J connectivity index is 5.11. The molecule has 10 N–H and O–H groups in total. The molecule has 4 amide bonds. The lowest BCUT2D eigenvalue weighted by Crippen LogP contribution is -2.58. The number of aliphatic hydroxyl groups is 5. The third-order valence-electron chi connectivity index (χ3n) is 6.03. The predicted octanol–water partition coefficient (Wildman–Crippen LogP) is -2.90. The highest BCUT2D eigenvalue weighted by Gasteiger charge is 2.32. The molecule has 0 saturated carbocycles. The molecule has 0 aliphatic heterocycles. The van der Waals surface area contributed by atoms with Crippen LogP contribution < -0.4 is 26.6 Å². The van der Waals surface area contributed by atoms with Gasteiger partial charge in [0.15, 0.2) is 0 Å². The SMILES string of the molecule is CC(C)CNC(=O)[C@H](C)NC(=O)[C@@H](NC(=O)[C@H](CCC(=O)NC[C@H](O)[C@@H](O)[C@H](O)[C@H](O)CO)NC(C)C)C(C)C. The minimum atomic E-state index is -1.82. The third kappa shape index (κ3) is 14.3. The zero-order chi connectivity index (χ0) is 31.2. The number of aliphatic hydroxyl groups excluding tert-OH is 5. The minimum absolute atomic E-state index is 0.0425. The van der Waals surface area contributed by atoms with Crippen LogP contribution in [-0.4, -0.2) is 117 Å². The topological polar surface area (TPSA) is 230 Å². The number of rotatable bonds is 19. The molecule has 234 valence electrons. The molecule has 0 aromatic carbocycles. The number of carbonyl (C=O) groups is 4. The second kappa shape index (κ2) is 18.9. The van der Waals surface area contributed by atoms with E-state index in [4.69, 9.17) is 5.11 Å². The molecule has 14 heteroatoms. The number of carbonyl (C=O) groups excluding carboxylic acids is 4. The minimum Gasteiger partial charge on any atom is -0.394 e. The van der Waals surface area contributed by atoms with Crippen LogP contribution in [0.15, 0.2) is 0 Å². The lowest BCUT2D eigenvalue weighted by molar-refractivity contribution is -0.133. The number of hydrogen-bond acceptors (Lipinski definition) is 10. The maximum atomic E-state index is 13.1. The molecule has 0 rings (SSSR count). The van der Waals surface area contributed by atoms with Gasteiger partial charge in [-0.2, -0.15) is 0 Å². The van der Waals surface area contributed by atoms with E-state index in [1.807, 2.05) is 27.7 Å². The zero-order valence-corrected chi connectivity index (χ0v) is 24.7. The quantitative estimate of drug-likeness (QED) is 0.0753. The highest BCUT2D eigenvalue weighted by atomic mass is 16.4. The summed E-state index contributed by atoms with van der Waals surface area (Å²) in [6.07, 6.45) is -7.01. The molecule has 0 bridgehead atoms. The summed E-state index contributed by atoms with van der Waals surface area (Å²) in [7, 11) is 0. The molecule has 7 atom stereocenters. The maximum Gasteiger partial charge on any atom is 0.243 e. The largest absolute Gasteiger partial charge is 0.394 e. The highest BCUT2D eigenvalue weighted by Crippen LogP contribution is 2.08. The molecule has 0 aromatic rings. The Morgan fingerprint density at radius 2 is 1.27 bits per heavy atom.